The van der Waals surface area contributed by atoms with E-state index in [1.807, 2.05) is 0 Å². The van der Waals surface area contributed by atoms with E-state index in [2.05, 4.69) is 9.71 Å². The van der Waals surface area contributed by atoms with Gasteiger partial charge in [0.15, 0.2) is 6.10 Å². The summed E-state index contributed by atoms with van der Waals surface area (Å²) in [4.78, 5) is 24.6. The number of nitrogens with one attached hydrogen (secondary N) is 2. The zero-order chi connectivity index (χ0) is 22.9. The molecule has 31 heavy (non-hydrogen) atoms. The van der Waals surface area contributed by atoms with Crippen molar-refractivity contribution in [2.24, 2.45) is 0 Å². The minimum absolute atomic E-state index is 0.0814. The number of nitrogens with zero attached hydrogens (tertiary/aromatic N) is 1. The number of rotatable bonds is 13. The summed E-state index contributed by atoms with van der Waals surface area (Å²) in [6.07, 6.45) is 0.259. The van der Waals surface area contributed by atoms with Gasteiger partial charge >= 0.3 is 5.69 Å². The monoisotopic (exact) mass is 461 g/mol. The number of ether oxygens (including phenoxy) is 2. The van der Waals surface area contributed by atoms with E-state index in [0.29, 0.717) is 5.56 Å². The fraction of sp³-hybridized carbons (Fsp3) is 0.474. The van der Waals surface area contributed by atoms with Crippen molar-refractivity contribution in [3.8, 4) is 5.75 Å². The highest BCUT2D eigenvalue weighted by Gasteiger charge is 2.17. The molecule has 9 nitrogen and oxygen atoms in total. The molecule has 1 heterocycles. The third-order valence-corrected chi connectivity index (χ3v) is 5.73. The maximum atomic E-state index is 12.6. The highest BCUT2D eigenvalue weighted by atomic mass is 32.2. The smallest absolute Gasteiger partial charge is 0.330 e. The van der Waals surface area contributed by atoms with Gasteiger partial charge in [0, 0.05) is 24.9 Å². The van der Waals surface area contributed by atoms with Crippen molar-refractivity contribution in [3.63, 3.8) is 0 Å². The van der Waals surface area contributed by atoms with Crippen LogP contribution in [0.4, 0.5) is 8.78 Å². The third-order valence-electron chi connectivity index (χ3n) is 4.19. The quantitative estimate of drug-likeness (QED) is 0.434. The molecule has 2 aromatic rings. The number of hydrogen-bond acceptors (Lipinski definition) is 6. The van der Waals surface area contributed by atoms with Gasteiger partial charge in [-0.1, -0.05) is 12.1 Å². The van der Waals surface area contributed by atoms with Crippen LogP contribution in [0, 0.1) is 0 Å². The van der Waals surface area contributed by atoms with Crippen molar-refractivity contribution in [3.05, 3.63) is 62.9 Å². The van der Waals surface area contributed by atoms with Crippen LogP contribution in [0.3, 0.4) is 0 Å². The van der Waals surface area contributed by atoms with Crippen molar-refractivity contribution < 1.29 is 26.7 Å². The molecule has 0 aliphatic rings. The molecule has 0 spiro atoms. The lowest BCUT2D eigenvalue weighted by Crippen LogP contribution is -2.30. The summed E-state index contributed by atoms with van der Waals surface area (Å²) in [5, 5.41) is 0. The number of hydrogen-bond donors (Lipinski definition) is 2. The van der Waals surface area contributed by atoms with Crippen molar-refractivity contribution in [1.29, 1.82) is 0 Å². The summed E-state index contributed by atoms with van der Waals surface area (Å²) in [7, 11) is -3.64. The molecule has 0 saturated carbocycles. The standard InChI is InChI=1S/C19H25F2N3O6S/c1-14(15-4-2-5-16(10-15)30-17(11-20)12-21)23-31(27,28)9-3-8-29-13-24-7-6-18(25)22-19(24)26/h2,4-7,10,14,17,23H,3,8-9,11-13H2,1H3,(H,22,25,26). The molecule has 1 unspecified atom stereocenters. The van der Waals surface area contributed by atoms with E-state index in [0.717, 1.165) is 4.57 Å². The van der Waals surface area contributed by atoms with Gasteiger partial charge in [-0.05, 0) is 31.0 Å². The van der Waals surface area contributed by atoms with Crippen LogP contribution >= 0.6 is 0 Å². The Balaban J connectivity index is 1.82. The second-order valence-corrected chi connectivity index (χ2v) is 8.62. The van der Waals surface area contributed by atoms with Crippen LogP contribution in [-0.2, 0) is 21.5 Å². The van der Waals surface area contributed by atoms with Crippen molar-refractivity contribution in [1.82, 2.24) is 14.3 Å². The molecule has 12 heteroatoms. The molecule has 1 aromatic heterocycles. The second-order valence-electron chi connectivity index (χ2n) is 6.75. The van der Waals surface area contributed by atoms with Crippen LogP contribution in [0.2, 0.25) is 0 Å². The number of benzene rings is 1. The van der Waals surface area contributed by atoms with Gasteiger partial charge < -0.3 is 9.47 Å². The molecule has 172 valence electrons. The van der Waals surface area contributed by atoms with Crippen molar-refractivity contribution in [2.45, 2.75) is 32.2 Å². The minimum Gasteiger partial charge on any atom is -0.485 e. The second kappa shape index (κ2) is 11.7. The van der Waals surface area contributed by atoms with E-state index in [1.54, 1.807) is 19.1 Å². The molecule has 2 rings (SSSR count). The molecule has 0 radical (unpaired) electrons. The largest absolute Gasteiger partial charge is 0.485 e. The number of halogens is 2. The molecular formula is C19H25F2N3O6S. The van der Waals surface area contributed by atoms with Crippen molar-refractivity contribution >= 4 is 10.0 Å². The normalized spacial score (nSPS) is 12.8. The van der Waals surface area contributed by atoms with Crippen LogP contribution in [0.25, 0.3) is 0 Å². The van der Waals surface area contributed by atoms with Gasteiger partial charge in [0.1, 0.15) is 25.8 Å². The molecule has 0 amide bonds. The first-order chi connectivity index (χ1) is 14.7. The summed E-state index contributed by atoms with van der Waals surface area (Å²) in [6, 6.07) is 6.92. The number of sulfonamides is 1. The SMILES string of the molecule is CC(NS(=O)(=O)CCCOCn1ccc(=O)[nH]c1=O)c1cccc(OC(CF)CF)c1. The van der Waals surface area contributed by atoms with Crippen LogP contribution in [0.15, 0.2) is 46.1 Å². The Kier molecular flexibility index (Phi) is 9.34. The first kappa shape index (κ1) is 24.7. The molecule has 0 fully saturated rings. The lowest BCUT2D eigenvalue weighted by atomic mass is 10.1. The maximum Gasteiger partial charge on any atom is 0.330 e. The molecule has 1 atom stereocenters. The van der Waals surface area contributed by atoms with E-state index >= 15 is 0 Å². The zero-order valence-corrected chi connectivity index (χ0v) is 17.7. The van der Waals surface area contributed by atoms with E-state index in [-0.39, 0.29) is 31.3 Å². The molecule has 0 aliphatic carbocycles. The van der Waals surface area contributed by atoms with Crippen LogP contribution in [-0.4, -0.2) is 49.8 Å². The fourth-order valence-corrected chi connectivity index (χ4v) is 3.90. The first-order valence-corrected chi connectivity index (χ1v) is 11.2. The Morgan fingerprint density at radius 3 is 2.61 bits per heavy atom. The summed E-state index contributed by atoms with van der Waals surface area (Å²) < 4.78 is 64.0. The Morgan fingerprint density at radius 2 is 1.94 bits per heavy atom. The fourth-order valence-electron chi connectivity index (χ4n) is 2.61. The van der Waals surface area contributed by atoms with Crippen LogP contribution in [0.1, 0.15) is 24.9 Å². The van der Waals surface area contributed by atoms with Gasteiger partial charge in [0.2, 0.25) is 10.0 Å². The van der Waals surface area contributed by atoms with Gasteiger partial charge in [-0.3, -0.25) is 14.3 Å². The van der Waals surface area contributed by atoms with Gasteiger partial charge in [-0.25, -0.2) is 26.7 Å². The predicted octanol–water partition coefficient (Wildman–Crippen LogP) is 1.27. The van der Waals surface area contributed by atoms with Crippen LogP contribution < -0.4 is 20.7 Å². The van der Waals surface area contributed by atoms with Gasteiger partial charge in [0.25, 0.3) is 5.56 Å². The minimum atomic E-state index is -3.64. The number of H-pyrrole nitrogens is 1. The lowest BCUT2D eigenvalue weighted by Gasteiger charge is -2.17. The maximum absolute atomic E-state index is 12.6. The Morgan fingerprint density at radius 1 is 1.19 bits per heavy atom. The van der Waals surface area contributed by atoms with Gasteiger partial charge in [-0.15, -0.1) is 0 Å². The zero-order valence-electron chi connectivity index (χ0n) is 16.9. The Labute approximate surface area is 178 Å². The lowest BCUT2D eigenvalue weighted by molar-refractivity contribution is 0.0744. The molecular weight excluding hydrogens is 436 g/mol. The van der Waals surface area contributed by atoms with E-state index in [4.69, 9.17) is 9.47 Å². The van der Waals surface area contributed by atoms with E-state index < -0.39 is 46.8 Å². The summed E-state index contributed by atoms with van der Waals surface area (Å²) in [5.41, 5.74) is -0.563. The first-order valence-electron chi connectivity index (χ1n) is 9.50. The Hall–Kier alpha value is -2.57. The number of aromatic amines is 1. The predicted molar refractivity (Wildman–Crippen MR) is 110 cm³/mol. The van der Waals surface area contributed by atoms with E-state index in [1.165, 1.54) is 24.4 Å². The molecule has 2 N–H and O–H groups in total. The summed E-state index contributed by atoms with van der Waals surface area (Å²) in [6.45, 7) is -0.343. The number of aromatic nitrogens is 2. The molecule has 0 bridgehead atoms. The van der Waals surface area contributed by atoms with Crippen molar-refractivity contribution in [2.75, 3.05) is 25.7 Å². The summed E-state index contributed by atoms with van der Waals surface area (Å²) in [5.74, 6) is 0.0366. The highest BCUT2D eigenvalue weighted by molar-refractivity contribution is 7.89. The molecule has 1 aromatic carbocycles. The topological polar surface area (TPSA) is 119 Å². The number of alkyl halides is 2. The van der Waals surface area contributed by atoms with E-state index in [9.17, 15) is 26.8 Å². The average Bonchev–Trinajstić information content (AvgIpc) is 2.73. The third kappa shape index (κ3) is 8.23. The Bertz CT molecular complexity index is 1050. The molecule has 0 aliphatic heterocycles. The van der Waals surface area contributed by atoms with Gasteiger partial charge in [0.05, 0.1) is 5.75 Å². The van der Waals surface area contributed by atoms with Crippen LogP contribution in [0.5, 0.6) is 5.75 Å². The summed E-state index contributed by atoms with van der Waals surface area (Å²) >= 11 is 0. The average molecular weight is 461 g/mol. The highest BCUT2D eigenvalue weighted by Crippen LogP contribution is 2.21. The van der Waals surface area contributed by atoms with Gasteiger partial charge in [-0.2, -0.15) is 0 Å². The molecule has 0 saturated heterocycles.